The molecule has 0 atom stereocenters. The number of nitrogens with two attached hydrogens (primary N) is 2. The van der Waals surface area contributed by atoms with E-state index >= 15 is 0 Å². The number of ether oxygens (including phenoxy) is 5. The Labute approximate surface area is 478 Å². The van der Waals surface area contributed by atoms with Crippen molar-refractivity contribution in [2.75, 3.05) is 83.2 Å². The summed E-state index contributed by atoms with van der Waals surface area (Å²) in [5, 5.41) is 21.8. The van der Waals surface area contributed by atoms with Crippen LogP contribution in [0.2, 0.25) is 0 Å². The second-order valence-corrected chi connectivity index (χ2v) is 21.2. The van der Waals surface area contributed by atoms with Crippen LogP contribution >= 0.6 is 0 Å². The van der Waals surface area contributed by atoms with Crippen molar-refractivity contribution in [3.05, 3.63) is 137 Å². The lowest BCUT2D eigenvalue weighted by Gasteiger charge is -2.32. The van der Waals surface area contributed by atoms with E-state index in [1.807, 2.05) is 119 Å². The number of rotatable bonds is 32. The van der Waals surface area contributed by atoms with Crippen molar-refractivity contribution in [2.24, 2.45) is 11.6 Å². The van der Waals surface area contributed by atoms with E-state index in [4.69, 9.17) is 35.3 Å². The maximum absolute atomic E-state index is 13.1. The van der Waals surface area contributed by atoms with E-state index in [0.717, 1.165) is 33.9 Å². The van der Waals surface area contributed by atoms with Gasteiger partial charge in [0, 0.05) is 77.7 Å². The molecule has 0 saturated heterocycles. The van der Waals surface area contributed by atoms with Crippen LogP contribution in [0, 0.1) is 27.7 Å². The van der Waals surface area contributed by atoms with Gasteiger partial charge in [-0.3, -0.25) is 19.2 Å². The minimum atomic E-state index is -0.634. The summed E-state index contributed by atoms with van der Waals surface area (Å²) in [6.45, 7) is 19.6. The quantitative estimate of drug-likeness (QED) is 0.0157. The zero-order valence-electron chi connectivity index (χ0n) is 48.3. The molecule has 0 spiro atoms. The molecule has 23 heteroatoms. The van der Waals surface area contributed by atoms with E-state index in [0.29, 0.717) is 111 Å². The van der Waals surface area contributed by atoms with Gasteiger partial charge in [0.1, 0.15) is 17.0 Å². The molecule has 0 radical (unpaired) electrons. The van der Waals surface area contributed by atoms with E-state index < -0.39 is 11.1 Å². The molecular formula is C59H78N14O9. The van der Waals surface area contributed by atoms with E-state index in [2.05, 4.69) is 41.5 Å². The molecule has 7 aromatic rings. The molecule has 0 aliphatic carbocycles. The zero-order valence-corrected chi connectivity index (χ0v) is 48.3. The summed E-state index contributed by atoms with van der Waals surface area (Å²) < 4.78 is 34.3. The summed E-state index contributed by atoms with van der Waals surface area (Å²) in [6.07, 6.45) is 8.08. The number of amides is 4. The fourth-order valence-corrected chi connectivity index (χ4v) is 8.68. The first-order chi connectivity index (χ1) is 39.2. The fourth-order valence-electron chi connectivity index (χ4n) is 8.68. The second-order valence-electron chi connectivity index (χ2n) is 21.2. The van der Waals surface area contributed by atoms with E-state index in [1.54, 1.807) is 47.3 Å². The average Bonchev–Trinajstić information content (AvgIpc) is 4.22. The highest BCUT2D eigenvalue weighted by molar-refractivity contribution is 6.09. The number of nitrogens with one attached hydrogen (secondary N) is 4. The first-order valence-electron chi connectivity index (χ1n) is 27.4. The molecule has 0 saturated carbocycles. The van der Waals surface area contributed by atoms with Gasteiger partial charge in [0.25, 0.3) is 11.8 Å². The van der Waals surface area contributed by atoms with Crippen molar-refractivity contribution in [1.29, 1.82) is 0 Å². The lowest BCUT2D eigenvalue weighted by atomic mass is 10.0. The fraction of sp³-hybridized carbons (Fsp3) is 0.424. The molecule has 438 valence electrons. The molecule has 0 fully saturated rings. The monoisotopic (exact) mass is 1130 g/mol. The van der Waals surface area contributed by atoms with Crippen LogP contribution in [-0.2, 0) is 39.8 Å². The van der Waals surface area contributed by atoms with Gasteiger partial charge >= 0.3 is 0 Å². The Morgan fingerprint density at radius 3 is 1.77 bits per heavy atom. The third-order valence-electron chi connectivity index (χ3n) is 13.1. The second kappa shape index (κ2) is 29.1. The predicted molar refractivity (Wildman–Crippen MR) is 313 cm³/mol. The van der Waals surface area contributed by atoms with E-state index in [1.165, 1.54) is 5.01 Å². The van der Waals surface area contributed by atoms with Gasteiger partial charge < -0.3 is 64.5 Å². The Kier molecular flexibility index (Phi) is 21.8. The van der Waals surface area contributed by atoms with Crippen molar-refractivity contribution in [2.45, 2.75) is 92.3 Å². The smallest absolute Gasteiger partial charge is 0.259 e. The first kappa shape index (κ1) is 61.6. The van der Waals surface area contributed by atoms with Gasteiger partial charge in [-0.15, -0.1) is 5.10 Å². The third-order valence-corrected chi connectivity index (χ3v) is 13.1. The van der Waals surface area contributed by atoms with Gasteiger partial charge in [0.2, 0.25) is 11.8 Å². The Morgan fingerprint density at radius 1 is 0.671 bits per heavy atom. The zero-order chi connectivity index (χ0) is 58.8. The van der Waals surface area contributed by atoms with E-state index in [9.17, 15) is 19.2 Å². The lowest BCUT2D eigenvalue weighted by molar-refractivity contribution is -0.126. The number of hydrogen-bond acceptors (Lipinski definition) is 16. The lowest BCUT2D eigenvalue weighted by Crippen LogP contribution is -2.49. The molecule has 5 aromatic heterocycles. The summed E-state index contributed by atoms with van der Waals surface area (Å²) in [4.78, 5) is 60.4. The van der Waals surface area contributed by atoms with Crippen molar-refractivity contribution in [3.63, 3.8) is 0 Å². The molecule has 0 aliphatic rings. The first-order valence-corrected chi connectivity index (χ1v) is 27.4. The van der Waals surface area contributed by atoms with Crippen molar-refractivity contribution in [3.8, 4) is 11.3 Å². The van der Waals surface area contributed by atoms with Crippen LogP contribution in [0.1, 0.15) is 96.0 Å². The molecule has 7 rings (SSSR count). The van der Waals surface area contributed by atoms with Gasteiger partial charge in [-0.2, -0.15) is 0 Å². The summed E-state index contributed by atoms with van der Waals surface area (Å²) in [5.74, 6) is 5.36. The molecule has 4 amide bonds. The Balaban J connectivity index is 0.659. The third kappa shape index (κ3) is 18.5. The number of nitrogens with zero attached hydrogens (tertiary/aromatic N) is 8. The SMILES string of the molecule is Cc1cc(C)n2ccc(C(=O)Nc3ccc(/C(N)=C/N(N)CCOCCOCCC(=O)NCCC(C)(C)OCC(C)(C)NC(=O)CCOCCOCCn4cc(-c5ccc(NC(=O)c6ccn7c(C)cc(C)nc67)cc5)nn4)cc3)c2n1. The molecule has 0 aliphatic heterocycles. The predicted octanol–water partition coefficient (Wildman–Crippen LogP) is 6.15. The minimum absolute atomic E-state index is 0.133. The number of hydrogen-bond donors (Lipinski definition) is 6. The van der Waals surface area contributed by atoms with Gasteiger partial charge in [0.15, 0.2) is 0 Å². The highest BCUT2D eigenvalue weighted by atomic mass is 16.5. The van der Waals surface area contributed by atoms with Crippen LogP contribution in [0.3, 0.4) is 0 Å². The minimum Gasteiger partial charge on any atom is -0.397 e. The molecule has 0 unspecified atom stereocenters. The number of aryl methyl sites for hydroxylation is 4. The number of anilines is 2. The summed E-state index contributed by atoms with van der Waals surface area (Å²) >= 11 is 0. The number of benzene rings is 2. The Morgan fingerprint density at radius 2 is 1.20 bits per heavy atom. The van der Waals surface area contributed by atoms with Gasteiger partial charge in [-0.1, -0.05) is 29.5 Å². The number of carbonyl (C=O) groups is 4. The molecule has 2 aromatic carbocycles. The molecular weight excluding hydrogens is 1050 g/mol. The summed E-state index contributed by atoms with van der Waals surface area (Å²) in [6, 6.07) is 22.0. The van der Waals surface area contributed by atoms with Crippen LogP contribution < -0.4 is 32.8 Å². The molecule has 0 bridgehead atoms. The van der Waals surface area contributed by atoms with Crippen molar-refractivity contribution in [1.82, 2.24) is 49.4 Å². The largest absolute Gasteiger partial charge is 0.397 e. The molecule has 23 nitrogen and oxygen atoms in total. The van der Waals surface area contributed by atoms with Crippen LogP contribution in [0.25, 0.3) is 28.2 Å². The summed E-state index contributed by atoms with van der Waals surface area (Å²) in [7, 11) is 0. The molecule has 8 N–H and O–H groups in total. The summed E-state index contributed by atoms with van der Waals surface area (Å²) in [5.41, 5.74) is 15.0. The van der Waals surface area contributed by atoms with Crippen LogP contribution in [0.15, 0.2) is 97.6 Å². The Bertz CT molecular complexity index is 3290. The maximum atomic E-state index is 13.1. The molecule has 5 heterocycles. The van der Waals surface area contributed by atoms with Crippen LogP contribution in [0.5, 0.6) is 0 Å². The average molecular weight is 1130 g/mol. The number of fused-ring (bicyclic) bond motifs is 2. The van der Waals surface area contributed by atoms with Crippen molar-refractivity contribution < 1.29 is 42.9 Å². The maximum Gasteiger partial charge on any atom is 0.259 e. The normalized spacial score (nSPS) is 12.0. The number of hydrazine groups is 1. The standard InChI is InChI=1S/C59H78N14O9/c1-40-35-42(3)72-23-17-48(54(72)63-40)56(76)65-46-13-9-44(10-14-46)50(60)37-70(61)25-29-80-33-31-78-27-19-52(74)62-22-21-59(7,8)82-39-58(5,6)67-53(75)20-28-79-32-34-81-30-26-71-38-51(68-69-71)45-11-15-47(16-12-45)66-57(77)49-18-24-73-43(4)36-41(2)64-55(49)73/h9-18,23-24,35-38H,19-22,25-34,39,60-61H2,1-8H3,(H,62,74)(H,65,76)(H,66,77)(H,67,75)/b50-37-. The Hall–Kier alpha value is -8.06. The van der Waals surface area contributed by atoms with Gasteiger partial charge in [0.05, 0.1) is 107 Å². The highest BCUT2D eigenvalue weighted by Crippen LogP contribution is 2.23. The molecule has 82 heavy (non-hydrogen) atoms. The van der Waals surface area contributed by atoms with Gasteiger partial charge in [-0.25, -0.2) is 20.5 Å². The van der Waals surface area contributed by atoms with Crippen LogP contribution in [-0.4, -0.2) is 146 Å². The number of aromatic nitrogens is 7. The van der Waals surface area contributed by atoms with Crippen LogP contribution in [0.4, 0.5) is 11.4 Å². The number of carbonyl (C=O) groups excluding carboxylic acids is 4. The van der Waals surface area contributed by atoms with E-state index in [-0.39, 0.29) is 56.3 Å². The highest BCUT2D eigenvalue weighted by Gasteiger charge is 2.27. The van der Waals surface area contributed by atoms with Gasteiger partial charge in [-0.05, 0) is 116 Å². The topological polar surface area (TPSA) is 283 Å². The van der Waals surface area contributed by atoms with Crippen molar-refractivity contribution >= 4 is 52.0 Å².